The average Bonchev–Trinajstić information content (AvgIpc) is 2.89. The van der Waals surface area contributed by atoms with Gasteiger partial charge in [-0.25, -0.2) is 0 Å². The fraction of sp³-hybridized carbons (Fsp3) is 0.118. The minimum Gasteiger partial charge on any atom is -0.323 e. The molecule has 104 valence electrons. The average molecular weight is 296 g/mol. The summed E-state index contributed by atoms with van der Waals surface area (Å²) in [6.45, 7) is 0. The molecule has 0 fully saturated rings. The number of hydrazone groups is 1. The van der Waals surface area contributed by atoms with Crippen molar-refractivity contribution in [3.63, 3.8) is 0 Å². The van der Waals surface area contributed by atoms with Gasteiger partial charge in [-0.15, -0.1) is 0 Å². The Kier molecular flexibility index (Phi) is 2.76. The molecule has 0 spiro atoms. The highest BCUT2D eigenvalue weighted by Gasteiger charge is 2.22. The predicted molar refractivity (Wildman–Crippen MR) is 86.9 cm³/mol. The van der Waals surface area contributed by atoms with Crippen molar-refractivity contribution < 1.29 is 0 Å². The van der Waals surface area contributed by atoms with E-state index < -0.39 is 0 Å². The van der Waals surface area contributed by atoms with Gasteiger partial charge in [0.1, 0.15) is 0 Å². The lowest BCUT2D eigenvalue weighted by molar-refractivity contribution is 1.01. The Bertz CT molecular complexity index is 860. The van der Waals surface area contributed by atoms with E-state index in [4.69, 9.17) is 17.4 Å². The summed E-state index contributed by atoms with van der Waals surface area (Å²) in [7, 11) is 0. The maximum absolute atomic E-state index is 5.99. The molecule has 0 atom stereocenters. The molecule has 0 amide bonds. The van der Waals surface area contributed by atoms with Crippen molar-refractivity contribution in [1.29, 1.82) is 0 Å². The van der Waals surface area contributed by atoms with Crippen LogP contribution < -0.4 is 5.84 Å². The van der Waals surface area contributed by atoms with Gasteiger partial charge in [-0.3, -0.25) is 0 Å². The van der Waals surface area contributed by atoms with Crippen LogP contribution in [0.5, 0.6) is 0 Å². The van der Waals surface area contributed by atoms with Gasteiger partial charge in [0.05, 0.1) is 11.2 Å². The van der Waals surface area contributed by atoms with Crippen molar-refractivity contribution in [3.05, 3.63) is 64.9 Å². The van der Waals surface area contributed by atoms with Crippen molar-refractivity contribution in [2.24, 2.45) is 10.9 Å². The number of hydrogen-bond donors (Lipinski definition) is 1. The number of benzene rings is 1. The monoisotopic (exact) mass is 295 g/mol. The van der Waals surface area contributed by atoms with E-state index in [0.29, 0.717) is 0 Å². The van der Waals surface area contributed by atoms with Gasteiger partial charge in [0, 0.05) is 28.5 Å². The zero-order chi connectivity index (χ0) is 14.4. The molecule has 1 aliphatic rings. The first-order valence-corrected chi connectivity index (χ1v) is 7.31. The van der Waals surface area contributed by atoms with Gasteiger partial charge in [-0.1, -0.05) is 23.7 Å². The molecule has 4 heteroatoms. The Hall–Kier alpha value is -2.26. The smallest absolute Gasteiger partial charge is 0.0697 e. The second-order valence-electron chi connectivity index (χ2n) is 5.28. The number of aromatic nitrogens is 1. The van der Waals surface area contributed by atoms with Crippen molar-refractivity contribution >= 4 is 22.8 Å². The van der Waals surface area contributed by atoms with E-state index in [1.165, 1.54) is 22.2 Å². The molecule has 1 aliphatic carbocycles. The molecule has 3 aromatic rings. The minimum atomic E-state index is 0.759. The molecule has 2 aromatic heterocycles. The first kappa shape index (κ1) is 12.5. The molecule has 3 nitrogen and oxygen atoms in total. The fourth-order valence-electron chi connectivity index (χ4n) is 3.17. The molecule has 0 bridgehead atoms. The minimum absolute atomic E-state index is 0.759. The summed E-state index contributed by atoms with van der Waals surface area (Å²) in [5.41, 5.74) is 7.15. The van der Waals surface area contributed by atoms with Crippen LogP contribution in [0.2, 0.25) is 5.02 Å². The van der Waals surface area contributed by atoms with E-state index >= 15 is 0 Å². The van der Waals surface area contributed by atoms with E-state index in [0.717, 1.165) is 29.1 Å². The third-order valence-electron chi connectivity index (χ3n) is 4.14. The van der Waals surface area contributed by atoms with Crippen molar-refractivity contribution in [3.8, 4) is 11.1 Å². The Morgan fingerprint density at radius 1 is 1.05 bits per heavy atom. The second kappa shape index (κ2) is 4.64. The Labute approximate surface area is 127 Å². The number of nitrogens with zero attached hydrogens (tertiary/aromatic N) is 2. The van der Waals surface area contributed by atoms with E-state index in [9.17, 15) is 0 Å². The lowest BCUT2D eigenvalue weighted by Crippen LogP contribution is -2.12. The Balaban J connectivity index is 2.01. The van der Waals surface area contributed by atoms with Gasteiger partial charge in [-0.2, -0.15) is 5.10 Å². The van der Waals surface area contributed by atoms with Gasteiger partial charge in [0.2, 0.25) is 0 Å². The summed E-state index contributed by atoms with van der Waals surface area (Å²) in [5, 5.41) is 4.71. The molecule has 0 radical (unpaired) electrons. The lowest BCUT2D eigenvalue weighted by Gasteiger charge is -2.16. The number of aryl methyl sites for hydroxylation is 1. The Morgan fingerprint density at radius 3 is 2.62 bits per heavy atom. The first-order valence-electron chi connectivity index (χ1n) is 6.93. The molecule has 2 N–H and O–H groups in total. The van der Waals surface area contributed by atoms with Gasteiger partial charge < -0.3 is 10.2 Å². The first-order chi connectivity index (χ1) is 10.3. The largest absolute Gasteiger partial charge is 0.323 e. The number of hydrogen-bond acceptors (Lipinski definition) is 2. The van der Waals surface area contributed by atoms with E-state index in [1.807, 2.05) is 18.2 Å². The van der Waals surface area contributed by atoms with Crippen LogP contribution in [0.3, 0.4) is 0 Å². The third kappa shape index (κ3) is 1.85. The number of halogens is 1. The van der Waals surface area contributed by atoms with Crippen molar-refractivity contribution in [2.45, 2.75) is 12.8 Å². The highest BCUT2D eigenvalue weighted by atomic mass is 35.5. The molecule has 21 heavy (non-hydrogen) atoms. The van der Waals surface area contributed by atoms with Crippen molar-refractivity contribution in [2.75, 3.05) is 0 Å². The molecular formula is C17H14ClN3. The maximum atomic E-state index is 5.99. The molecular weight excluding hydrogens is 282 g/mol. The zero-order valence-electron chi connectivity index (χ0n) is 11.4. The normalized spacial score (nSPS) is 15.8. The zero-order valence-corrected chi connectivity index (χ0v) is 12.1. The van der Waals surface area contributed by atoms with Crippen LogP contribution in [0.4, 0.5) is 0 Å². The van der Waals surface area contributed by atoms with Crippen LogP contribution >= 0.6 is 11.6 Å². The lowest BCUT2D eigenvalue weighted by atomic mass is 9.91. The number of nitrogens with two attached hydrogens (primary N) is 1. The fourth-order valence-corrected chi connectivity index (χ4v) is 3.30. The molecule has 0 saturated heterocycles. The summed E-state index contributed by atoms with van der Waals surface area (Å²) >= 11 is 5.99. The van der Waals surface area contributed by atoms with Gasteiger partial charge in [-0.05, 0) is 48.2 Å². The van der Waals surface area contributed by atoms with Gasteiger partial charge >= 0.3 is 0 Å². The number of pyridine rings is 1. The van der Waals surface area contributed by atoms with E-state index in [1.54, 1.807) is 0 Å². The SMILES string of the molecule is NN=C1CCc2c(-c3ccc(Cl)cc3)cn3cccc1c23. The highest BCUT2D eigenvalue weighted by Crippen LogP contribution is 2.35. The third-order valence-corrected chi connectivity index (χ3v) is 4.39. The summed E-state index contributed by atoms with van der Waals surface area (Å²) in [6.07, 6.45) is 6.09. The van der Waals surface area contributed by atoms with Crippen molar-refractivity contribution in [1.82, 2.24) is 4.40 Å². The van der Waals surface area contributed by atoms with Gasteiger partial charge in [0.15, 0.2) is 0 Å². The van der Waals surface area contributed by atoms with Crippen LogP contribution in [0.15, 0.2) is 53.9 Å². The van der Waals surface area contributed by atoms with E-state index in [-0.39, 0.29) is 0 Å². The summed E-state index contributed by atoms with van der Waals surface area (Å²) in [6, 6.07) is 12.1. The molecule has 0 aliphatic heterocycles. The molecule has 2 heterocycles. The quantitative estimate of drug-likeness (QED) is 0.537. The topological polar surface area (TPSA) is 42.8 Å². The second-order valence-corrected chi connectivity index (χ2v) is 5.72. The standard InChI is InChI=1S/C17H14ClN3/c18-12-5-3-11(4-6-12)15-10-21-9-1-2-14-16(20-19)8-7-13(15)17(14)21/h1-6,9-10H,7-8,19H2. The Morgan fingerprint density at radius 2 is 1.86 bits per heavy atom. The maximum Gasteiger partial charge on any atom is 0.0697 e. The molecule has 4 rings (SSSR count). The predicted octanol–water partition coefficient (Wildman–Crippen LogP) is 3.87. The van der Waals surface area contributed by atoms with Crippen LogP contribution in [-0.2, 0) is 6.42 Å². The van der Waals surface area contributed by atoms with Crippen LogP contribution in [-0.4, -0.2) is 10.1 Å². The summed E-state index contributed by atoms with van der Waals surface area (Å²) in [4.78, 5) is 0. The number of rotatable bonds is 1. The van der Waals surface area contributed by atoms with Crippen LogP contribution in [0, 0.1) is 0 Å². The van der Waals surface area contributed by atoms with Crippen LogP contribution in [0.1, 0.15) is 17.5 Å². The highest BCUT2D eigenvalue weighted by molar-refractivity contribution is 6.30. The molecule has 1 aromatic carbocycles. The summed E-state index contributed by atoms with van der Waals surface area (Å²) < 4.78 is 2.17. The summed E-state index contributed by atoms with van der Waals surface area (Å²) in [5.74, 6) is 5.53. The van der Waals surface area contributed by atoms with E-state index in [2.05, 4.69) is 40.1 Å². The van der Waals surface area contributed by atoms with Gasteiger partial charge in [0.25, 0.3) is 0 Å². The molecule has 0 saturated carbocycles. The molecule has 0 unspecified atom stereocenters. The van der Waals surface area contributed by atoms with Crippen LogP contribution in [0.25, 0.3) is 16.6 Å².